The molecule has 1 N–H and O–H groups in total. The number of rotatable bonds is 7. The van der Waals surface area contributed by atoms with E-state index in [1.807, 2.05) is 12.1 Å². The average molecular weight is 324 g/mol. The summed E-state index contributed by atoms with van der Waals surface area (Å²) in [5.41, 5.74) is 0.853. The standard InChI is InChI=1S/C13H19Cl2NO2S/c1-3-8-16-12(7-9-19(2,17)18)10-5-4-6-11(14)13(10)15/h4-6,12,16H,3,7-9H2,1-2H3. The van der Waals surface area contributed by atoms with Crippen molar-refractivity contribution in [3.8, 4) is 0 Å². The van der Waals surface area contributed by atoms with E-state index < -0.39 is 9.84 Å². The molecule has 0 heterocycles. The van der Waals surface area contributed by atoms with Gasteiger partial charge in [0.2, 0.25) is 0 Å². The lowest BCUT2D eigenvalue weighted by Gasteiger charge is -2.20. The Balaban J connectivity index is 2.92. The summed E-state index contributed by atoms with van der Waals surface area (Å²) < 4.78 is 22.6. The lowest BCUT2D eigenvalue weighted by molar-refractivity contribution is 0.514. The molecule has 0 saturated heterocycles. The van der Waals surface area contributed by atoms with Crippen LogP contribution in [0.5, 0.6) is 0 Å². The van der Waals surface area contributed by atoms with Gasteiger partial charge in [0.15, 0.2) is 0 Å². The molecule has 0 aliphatic rings. The Labute approximate surface area is 125 Å². The van der Waals surface area contributed by atoms with Crippen LogP contribution in [0.1, 0.15) is 31.4 Å². The number of nitrogens with one attached hydrogen (secondary N) is 1. The summed E-state index contributed by atoms with van der Waals surface area (Å²) in [6.45, 7) is 2.86. The molecule has 0 aliphatic heterocycles. The van der Waals surface area contributed by atoms with Gasteiger partial charge in [-0.1, -0.05) is 42.3 Å². The summed E-state index contributed by atoms with van der Waals surface area (Å²) in [6, 6.07) is 5.33. The molecule has 0 aromatic heterocycles. The van der Waals surface area contributed by atoms with Crippen molar-refractivity contribution in [2.45, 2.75) is 25.8 Å². The molecule has 0 aliphatic carbocycles. The van der Waals surface area contributed by atoms with E-state index in [1.165, 1.54) is 6.26 Å². The first-order valence-corrected chi connectivity index (χ1v) is 9.01. The second-order valence-electron chi connectivity index (χ2n) is 4.57. The first-order chi connectivity index (χ1) is 8.85. The van der Waals surface area contributed by atoms with Crippen LogP contribution in [0.15, 0.2) is 18.2 Å². The SMILES string of the molecule is CCCNC(CCS(C)(=O)=O)c1cccc(Cl)c1Cl. The lowest BCUT2D eigenvalue weighted by Crippen LogP contribution is -2.24. The number of halogens is 2. The average Bonchev–Trinajstić information content (AvgIpc) is 2.32. The Bertz CT molecular complexity index is 517. The van der Waals surface area contributed by atoms with Crippen molar-refractivity contribution in [2.75, 3.05) is 18.6 Å². The molecule has 1 rings (SSSR count). The number of hydrogen-bond acceptors (Lipinski definition) is 3. The first kappa shape index (κ1) is 16.8. The molecule has 6 heteroatoms. The van der Waals surface area contributed by atoms with E-state index in [9.17, 15) is 8.42 Å². The van der Waals surface area contributed by atoms with E-state index >= 15 is 0 Å². The molecule has 3 nitrogen and oxygen atoms in total. The van der Waals surface area contributed by atoms with Crippen LogP contribution in [-0.2, 0) is 9.84 Å². The molecular weight excluding hydrogens is 305 g/mol. The van der Waals surface area contributed by atoms with Gasteiger partial charge < -0.3 is 5.32 Å². The van der Waals surface area contributed by atoms with Crippen LogP contribution in [0.2, 0.25) is 10.0 Å². The molecule has 1 unspecified atom stereocenters. The minimum atomic E-state index is -2.99. The first-order valence-electron chi connectivity index (χ1n) is 6.20. The molecule has 0 fully saturated rings. The van der Waals surface area contributed by atoms with Gasteiger partial charge >= 0.3 is 0 Å². The Morgan fingerprint density at radius 2 is 2.00 bits per heavy atom. The summed E-state index contributed by atoms with van der Waals surface area (Å²) in [7, 11) is -2.99. The predicted molar refractivity (Wildman–Crippen MR) is 81.8 cm³/mol. The fraction of sp³-hybridized carbons (Fsp3) is 0.538. The van der Waals surface area contributed by atoms with E-state index in [0.717, 1.165) is 18.5 Å². The van der Waals surface area contributed by atoms with Crippen LogP contribution in [-0.4, -0.2) is 27.0 Å². The molecule has 0 spiro atoms. The summed E-state index contributed by atoms with van der Waals surface area (Å²) in [5.74, 6) is 0.122. The zero-order valence-corrected chi connectivity index (χ0v) is 13.4. The number of hydrogen-bond donors (Lipinski definition) is 1. The predicted octanol–water partition coefficient (Wildman–Crippen LogP) is 3.47. The molecule has 1 aromatic rings. The maximum Gasteiger partial charge on any atom is 0.147 e. The lowest BCUT2D eigenvalue weighted by atomic mass is 10.0. The maximum absolute atomic E-state index is 11.3. The fourth-order valence-electron chi connectivity index (χ4n) is 1.81. The quantitative estimate of drug-likeness (QED) is 0.835. The van der Waals surface area contributed by atoms with Crippen molar-refractivity contribution in [2.24, 2.45) is 0 Å². The molecule has 1 atom stereocenters. The van der Waals surface area contributed by atoms with Gasteiger partial charge in [-0.3, -0.25) is 0 Å². The molecule has 0 saturated carbocycles. The second-order valence-corrected chi connectivity index (χ2v) is 7.61. The summed E-state index contributed by atoms with van der Waals surface area (Å²) in [4.78, 5) is 0. The third kappa shape index (κ3) is 5.69. The molecular formula is C13H19Cl2NO2S. The van der Waals surface area contributed by atoms with Gasteiger partial charge in [0.05, 0.1) is 15.8 Å². The van der Waals surface area contributed by atoms with E-state index in [1.54, 1.807) is 6.07 Å². The van der Waals surface area contributed by atoms with Gasteiger partial charge in [-0.15, -0.1) is 0 Å². The van der Waals surface area contributed by atoms with Gasteiger partial charge in [-0.2, -0.15) is 0 Å². The molecule has 1 aromatic carbocycles. The Morgan fingerprint density at radius 1 is 1.32 bits per heavy atom. The largest absolute Gasteiger partial charge is 0.310 e. The highest BCUT2D eigenvalue weighted by Crippen LogP contribution is 2.31. The monoisotopic (exact) mass is 323 g/mol. The third-order valence-corrected chi connectivity index (χ3v) is 4.59. The minimum absolute atomic E-state index is 0.0964. The van der Waals surface area contributed by atoms with E-state index in [0.29, 0.717) is 16.5 Å². The molecule has 108 valence electrons. The Hall–Kier alpha value is -0.290. The molecule has 19 heavy (non-hydrogen) atoms. The van der Waals surface area contributed by atoms with Crippen molar-refractivity contribution in [1.29, 1.82) is 0 Å². The van der Waals surface area contributed by atoms with Crippen LogP contribution in [0.3, 0.4) is 0 Å². The van der Waals surface area contributed by atoms with E-state index in [2.05, 4.69) is 12.2 Å². The van der Waals surface area contributed by atoms with Crippen LogP contribution < -0.4 is 5.32 Å². The van der Waals surface area contributed by atoms with E-state index in [-0.39, 0.29) is 11.8 Å². The van der Waals surface area contributed by atoms with Crippen LogP contribution in [0.25, 0.3) is 0 Å². The maximum atomic E-state index is 11.3. The van der Waals surface area contributed by atoms with Crippen molar-refractivity contribution in [1.82, 2.24) is 5.32 Å². The Morgan fingerprint density at radius 3 is 2.58 bits per heavy atom. The highest BCUT2D eigenvalue weighted by molar-refractivity contribution is 7.90. The molecule has 0 bridgehead atoms. The van der Waals surface area contributed by atoms with Gasteiger partial charge in [-0.25, -0.2) is 8.42 Å². The molecule has 0 amide bonds. The van der Waals surface area contributed by atoms with Crippen molar-refractivity contribution in [3.63, 3.8) is 0 Å². The highest BCUT2D eigenvalue weighted by atomic mass is 35.5. The van der Waals surface area contributed by atoms with Gasteiger partial charge in [-0.05, 0) is 31.0 Å². The fourth-order valence-corrected chi connectivity index (χ4v) is 2.91. The van der Waals surface area contributed by atoms with Gasteiger partial charge in [0.1, 0.15) is 9.84 Å². The minimum Gasteiger partial charge on any atom is -0.310 e. The van der Waals surface area contributed by atoms with Gasteiger partial charge in [0.25, 0.3) is 0 Å². The van der Waals surface area contributed by atoms with Crippen molar-refractivity contribution >= 4 is 33.0 Å². The topological polar surface area (TPSA) is 46.2 Å². The Kier molecular flexibility index (Phi) is 6.60. The highest BCUT2D eigenvalue weighted by Gasteiger charge is 2.17. The second kappa shape index (κ2) is 7.48. The van der Waals surface area contributed by atoms with Crippen LogP contribution >= 0.6 is 23.2 Å². The normalized spacial score (nSPS) is 13.5. The van der Waals surface area contributed by atoms with Crippen LogP contribution in [0, 0.1) is 0 Å². The zero-order valence-electron chi connectivity index (χ0n) is 11.1. The van der Waals surface area contributed by atoms with E-state index in [4.69, 9.17) is 23.2 Å². The number of sulfone groups is 1. The smallest absolute Gasteiger partial charge is 0.147 e. The van der Waals surface area contributed by atoms with Crippen LogP contribution in [0.4, 0.5) is 0 Å². The third-order valence-electron chi connectivity index (χ3n) is 2.77. The molecule has 0 radical (unpaired) electrons. The van der Waals surface area contributed by atoms with Gasteiger partial charge in [0, 0.05) is 12.3 Å². The summed E-state index contributed by atoms with van der Waals surface area (Å²) >= 11 is 12.2. The number of benzene rings is 1. The summed E-state index contributed by atoms with van der Waals surface area (Å²) in [6.07, 6.45) is 2.69. The summed E-state index contributed by atoms with van der Waals surface area (Å²) in [5, 5.41) is 4.30. The zero-order chi connectivity index (χ0) is 14.5. The van der Waals surface area contributed by atoms with Crippen molar-refractivity contribution in [3.05, 3.63) is 33.8 Å². The van der Waals surface area contributed by atoms with Crippen molar-refractivity contribution < 1.29 is 8.42 Å².